The summed E-state index contributed by atoms with van der Waals surface area (Å²) < 4.78 is 30.9. The van der Waals surface area contributed by atoms with Crippen LogP contribution in [0.3, 0.4) is 0 Å². The maximum Gasteiger partial charge on any atom is 0.341 e. The van der Waals surface area contributed by atoms with E-state index in [-0.39, 0.29) is 11.4 Å². The molecule has 0 aliphatic heterocycles. The van der Waals surface area contributed by atoms with Crippen LogP contribution in [0.25, 0.3) is 17.2 Å². The fraction of sp³-hybridized carbons (Fsp3) is 0.0476. The molecule has 1 heterocycles. The number of esters is 1. The third-order valence-corrected chi connectivity index (χ3v) is 4.77. The van der Waals surface area contributed by atoms with Gasteiger partial charge in [0.15, 0.2) is 0 Å². The fourth-order valence-corrected chi connectivity index (χ4v) is 3.46. The summed E-state index contributed by atoms with van der Waals surface area (Å²) in [5, 5.41) is 4.67. The number of benzene rings is 2. The van der Waals surface area contributed by atoms with Crippen LogP contribution in [0.15, 0.2) is 60.0 Å². The quantitative estimate of drug-likeness (QED) is 0.478. The van der Waals surface area contributed by atoms with Crippen molar-refractivity contribution in [1.82, 2.24) is 0 Å². The molecule has 0 aliphatic carbocycles. The molecule has 142 valence electrons. The molecule has 2 aromatic carbocycles. The Hall–Kier alpha value is -3.32. The van der Waals surface area contributed by atoms with E-state index >= 15 is 0 Å². The molecule has 0 atom stereocenters. The molecule has 0 saturated heterocycles. The summed E-state index contributed by atoms with van der Waals surface area (Å²) in [6, 6.07) is 11.3. The molecule has 4 nitrogen and oxygen atoms in total. The number of nitrogens with one attached hydrogen (secondary N) is 1. The van der Waals surface area contributed by atoms with E-state index in [4.69, 9.17) is 4.74 Å². The lowest BCUT2D eigenvalue weighted by atomic mass is 10.0. The van der Waals surface area contributed by atoms with Gasteiger partial charge in [-0.1, -0.05) is 24.3 Å². The van der Waals surface area contributed by atoms with E-state index in [1.165, 1.54) is 55.7 Å². The van der Waals surface area contributed by atoms with E-state index < -0.39 is 17.7 Å². The number of carbonyl (C=O) groups excluding carboxylic acids is 2. The van der Waals surface area contributed by atoms with Crippen LogP contribution in [-0.2, 0) is 9.53 Å². The maximum absolute atomic E-state index is 13.2. The highest BCUT2D eigenvalue weighted by atomic mass is 32.1. The molecular formula is C21H15F2NO3S. The molecular weight excluding hydrogens is 384 g/mol. The van der Waals surface area contributed by atoms with Crippen molar-refractivity contribution >= 4 is 34.3 Å². The molecule has 3 aromatic rings. The Kier molecular flexibility index (Phi) is 5.96. The first-order chi connectivity index (χ1) is 13.5. The zero-order valence-electron chi connectivity index (χ0n) is 14.7. The number of methoxy groups -OCH3 is 1. The van der Waals surface area contributed by atoms with Crippen molar-refractivity contribution in [2.45, 2.75) is 0 Å². The van der Waals surface area contributed by atoms with Crippen molar-refractivity contribution < 1.29 is 23.1 Å². The zero-order valence-corrected chi connectivity index (χ0v) is 15.6. The Morgan fingerprint density at radius 2 is 1.61 bits per heavy atom. The largest absolute Gasteiger partial charge is 0.465 e. The van der Waals surface area contributed by atoms with Crippen molar-refractivity contribution in [3.8, 4) is 11.1 Å². The van der Waals surface area contributed by atoms with Crippen LogP contribution in [-0.4, -0.2) is 19.0 Å². The second kappa shape index (κ2) is 8.58. The van der Waals surface area contributed by atoms with Gasteiger partial charge in [-0.25, -0.2) is 13.6 Å². The van der Waals surface area contributed by atoms with Gasteiger partial charge in [0, 0.05) is 17.0 Å². The average Bonchev–Trinajstić information content (AvgIpc) is 3.11. The number of halogens is 2. The van der Waals surface area contributed by atoms with Gasteiger partial charge in [-0.3, -0.25) is 4.79 Å². The van der Waals surface area contributed by atoms with Gasteiger partial charge in [0.05, 0.1) is 7.11 Å². The standard InChI is InChI=1S/C21H15F2NO3S/c1-27-21(26)19-17(14-5-9-16(23)10-6-14)12-28-20(19)24-18(25)11-4-13-2-7-15(22)8-3-13/h2-12H,1H3,(H,24,25)/b11-4+. The molecule has 0 aliphatic rings. The van der Waals surface area contributed by atoms with E-state index in [9.17, 15) is 18.4 Å². The second-order valence-corrected chi connectivity index (χ2v) is 6.61. The number of thiophene rings is 1. The summed E-state index contributed by atoms with van der Waals surface area (Å²) in [5.41, 5.74) is 2.01. The minimum atomic E-state index is -0.613. The molecule has 0 radical (unpaired) electrons. The summed E-state index contributed by atoms with van der Waals surface area (Å²) in [6.07, 6.45) is 2.81. The average molecular weight is 399 g/mol. The van der Waals surface area contributed by atoms with Gasteiger partial charge >= 0.3 is 5.97 Å². The van der Waals surface area contributed by atoms with E-state index in [0.29, 0.717) is 21.7 Å². The molecule has 0 unspecified atom stereocenters. The Morgan fingerprint density at radius 1 is 1.00 bits per heavy atom. The summed E-state index contributed by atoms with van der Waals surface area (Å²) in [4.78, 5) is 24.5. The van der Waals surface area contributed by atoms with Crippen LogP contribution in [0.2, 0.25) is 0 Å². The van der Waals surface area contributed by atoms with Gasteiger partial charge in [-0.15, -0.1) is 11.3 Å². The van der Waals surface area contributed by atoms with E-state index in [2.05, 4.69) is 5.32 Å². The monoisotopic (exact) mass is 399 g/mol. The number of ether oxygens (including phenoxy) is 1. The van der Waals surface area contributed by atoms with Crippen LogP contribution in [0.5, 0.6) is 0 Å². The molecule has 28 heavy (non-hydrogen) atoms. The zero-order chi connectivity index (χ0) is 20.1. The molecule has 0 spiro atoms. The SMILES string of the molecule is COC(=O)c1c(-c2ccc(F)cc2)csc1NC(=O)/C=C/c1ccc(F)cc1. The van der Waals surface area contributed by atoms with E-state index in [1.54, 1.807) is 17.5 Å². The third-order valence-electron chi connectivity index (χ3n) is 3.87. The number of hydrogen-bond donors (Lipinski definition) is 1. The number of hydrogen-bond acceptors (Lipinski definition) is 4. The van der Waals surface area contributed by atoms with Gasteiger partial charge < -0.3 is 10.1 Å². The van der Waals surface area contributed by atoms with Crippen molar-refractivity contribution in [2.24, 2.45) is 0 Å². The van der Waals surface area contributed by atoms with Gasteiger partial charge in [0.1, 0.15) is 22.2 Å². The van der Waals surface area contributed by atoms with Crippen molar-refractivity contribution in [3.63, 3.8) is 0 Å². The van der Waals surface area contributed by atoms with Gasteiger partial charge in [0.2, 0.25) is 5.91 Å². The summed E-state index contributed by atoms with van der Waals surface area (Å²) >= 11 is 1.16. The molecule has 0 bridgehead atoms. The normalized spacial score (nSPS) is 10.8. The van der Waals surface area contributed by atoms with Crippen LogP contribution in [0.4, 0.5) is 13.8 Å². The van der Waals surface area contributed by atoms with E-state index in [1.807, 2.05) is 0 Å². The number of rotatable bonds is 5. The lowest BCUT2D eigenvalue weighted by Crippen LogP contribution is -2.11. The summed E-state index contributed by atoms with van der Waals surface area (Å²) in [7, 11) is 1.24. The van der Waals surface area contributed by atoms with Crippen molar-refractivity contribution in [2.75, 3.05) is 12.4 Å². The lowest BCUT2D eigenvalue weighted by Gasteiger charge is -2.06. The topological polar surface area (TPSA) is 55.4 Å². The highest BCUT2D eigenvalue weighted by Crippen LogP contribution is 2.36. The third kappa shape index (κ3) is 4.50. The predicted octanol–water partition coefficient (Wildman–Crippen LogP) is 5.13. The van der Waals surface area contributed by atoms with Crippen LogP contribution >= 0.6 is 11.3 Å². The minimum absolute atomic E-state index is 0.197. The maximum atomic E-state index is 13.2. The van der Waals surface area contributed by atoms with E-state index in [0.717, 1.165) is 11.3 Å². The molecule has 1 aromatic heterocycles. The first kappa shape index (κ1) is 19.4. The van der Waals surface area contributed by atoms with Crippen LogP contribution in [0, 0.1) is 11.6 Å². The van der Waals surface area contributed by atoms with Crippen LogP contribution in [0.1, 0.15) is 15.9 Å². The van der Waals surface area contributed by atoms with Gasteiger partial charge in [-0.05, 0) is 41.5 Å². The van der Waals surface area contributed by atoms with Gasteiger partial charge in [-0.2, -0.15) is 0 Å². The summed E-state index contributed by atoms with van der Waals surface area (Å²) in [5.74, 6) is -1.82. The smallest absolute Gasteiger partial charge is 0.341 e. The van der Waals surface area contributed by atoms with Crippen molar-refractivity contribution in [3.05, 3.63) is 82.7 Å². The summed E-state index contributed by atoms with van der Waals surface area (Å²) in [6.45, 7) is 0. The van der Waals surface area contributed by atoms with Crippen LogP contribution < -0.4 is 5.32 Å². The van der Waals surface area contributed by atoms with Gasteiger partial charge in [0.25, 0.3) is 0 Å². The molecule has 7 heteroatoms. The molecule has 1 N–H and O–H groups in total. The molecule has 3 rings (SSSR count). The molecule has 1 amide bonds. The lowest BCUT2D eigenvalue weighted by molar-refractivity contribution is -0.111. The number of anilines is 1. The predicted molar refractivity (Wildman–Crippen MR) is 105 cm³/mol. The Morgan fingerprint density at radius 3 is 2.21 bits per heavy atom. The fourth-order valence-electron chi connectivity index (χ4n) is 2.50. The Labute approximate surface area is 164 Å². The minimum Gasteiger partial charge on any atom is -0.465 e. The first-order valence-corrected chi connectivity index (χ1v) is 9.06. The van der Waals surface area contributed by atoms with Crippen molar-refractivity contribution in [1.29, 1.82) is 0 Å². The molecule has 0 saturated carbocycles. The Bertz CT molecular complexity index is 1020. The first-order valence-electron chi connectivity index (χ1n) is 8.18. The number of amides is 1. The number of carbonyl (C=O) groups is 2. The highest BCUT2D eigenvalue weighted by Gasteiger charge is 2.21. The second-order valence-electron chi connectivity index (χ2n) is 5.73. The molecule has 0 fully saturated rings. The Balaban J connectivity index is 1.85. The highest BCUT2D eigenvalue weighted by molar-refractivity contribution is 7.15.